The summed E-state index contributed by atoms with van der Waals surface area (Å²) in [7, 11) is 1.57. The lowest BCUT2D eigenvalue weighted by molar-refractivity contribution is -0.126. The fourth-order valence-electron chi connectivity index (χ4n) is 2.46. The SMILES string of the molecule is CCC1(C(=O)Nc2ccc(OC)nc2)CCCNC1. The van der Waals surface area contributed by atoms with Crippen molar-refractivity contribution in [2.45, 2.75) is 26.2 Å². The second-order valence-electron chi connectivity index (χ2n) is 4.96. The summed E-state index contributed by atoms with van der Waals surface area (Å²) in [6.07, 6.45) is 4.44. The molecule has 104 valence electrons. The molecule has 5 nitrogen and oxygen atoms in total. The van der Waals surface area contributed by atoms with Crippen molar-refractivity contribution < 1.29 is 9.53 Å². The van der Waals surface area contributed by atoms with Crippen molar-refractivity contribution in [3.63, 3.8) is 0 Å². The molecule has 2 rings (SSSR count). The van der Waals surface area contributed by atoms with Gasteiger partial charge < -0.3 is 15.4 Å². The van der Waals surface area contributed by atoms with Gasteiger partial charge in [0, 0.05) is 12.6 Å². The van der Waals surface area contributed by atoms with Gasteiger partial charge in [-0.05, 0) is 31.9 Å². The number of amides is 1. The van der Waals surface area contributed by atoms with Gasteiger partial charge in [0.05, 0.1) is 24.4 Å². The number of hydrogen-bond donors (Lipinski definition) is 2. The molecule has 5 heteroatoms. The van der Waals surface area contributed by atoms with Crippen LogP contribution < -0.4 is 15.4 Å². The first-order valence-corrected chi connectivity index (χ1v) is 6.72. The van der Waals surface area contributed by atoms with Gasteiger partial charge in [0.25, 0.3) is 0 Å². The summed E-state index contributed by atoms with van der Waals surface area (Å²) < 4.78 is 5.00. The Hall–Kier alpha value is -1.62. The van der Waals surface area contributed by atoms with Gasteiger partial charge in [0.15, 0.2) is 0 Å². The molecule has 1 unspecified atom stereocenters. The molecule has 1 saturated heterocycles. The number of rotatable bonds is 4. The highest BCUT2D eigenvalue weighted by Gasteiger charge is 2.37. The van der Waals surface area contributed by atoms with Crippen LogP contribution >= 0.6 is 0 Å². The standard InChI is InChI=1S/C14H21N3O2/c1-3-14(7-4-8-15-10-14)13(18)17-11-5-6-12(19-2)16-9-11/h5-6,9,15H,3-4,7-8,10H2,1-2H3,(H,17,18). The Labute approximate surface area is 113 Å². The van der Waals surface area contributed by atoms with Crippen molar-refractivity contribution in [3.05, 3.63) is 18.3 Å². The van der Waals surface area contributed by atoms with Crippen LogP contribution in [-0.2, 0) is 4.79 Å². The molecular formula is C14H21N3O2. The Bertz CT molecular complexity index is 425. The summed E-state index contributed by atoms with van der Waals surface area (Å²) in [6.45, 7) is 3.82. The number of nitrogens with zero attached hydrogens (tertiary/aromatic N) is 1. The third-order valence-electron chi connectivity index (χ3n) is 3.83. The van der Waals surface area contributed by atoms with E-state index < -0.39 is 0 Å². The molecule has 0 spiro atoms. The van der Waals surface area contributed by atoms with Gasteiger partial charge in [-0.15, -0.1) is 0 Å². The molecule has 0 radical (unpaired) electrons. The fourth-order valence-corrected chi connectivity index (χ4v) is 2.46. The van der Waals surface area contributed by atoms with Gasteiger partial charge in [0.2, 0.25) is 11.8 Å². The van der Waals surface area contributed by atoms with Gasteiger partial charge in [-0.3, -0.25) is 4.79 Å². The molecule has 2 heterocycles. The number of nitrogens with one attached hydrogen (secondary N) is 2. The van der Waals surface area contributed by atoms with Crippen molar-refractivity contribution in [1.29, 1.82) is 0 Å². The number of pyridine rings is 1. The first-order chi connectivity index (χ1) is 9.20. The average molecular weight is 263 g/mol. The maximum atomic E-state index is 12.5. The van der Waals surface area contributed by atoms with Crippen LogP contribution in [0.4, 0.5) is 5.69 Å². The molecule has 1 atom stereocenters. The maximum absolute atomic E-state index is 12.5. The molecule has 2 N–H and O–H groups in total. The lowest BCUT2D eigenvalue weighted by Crippen LogP contribution is -2.47. The largest absolute Gasteiger partial charge is 0.481 e. The third kappa shape index (κ3) is 3.04. The predicted molar refractivity (Wildman–Crippen MR) is 74.2 cm³/mol. The van der Waals surface area contributed by atoms with Crippen LogP contribution in [0.5, 0.6) is 5.88 Å². The minimum Gasteiger partial charge on any atom is -0.481 e. The van der Waals surface area contributed by atoms with Crippen LogP contribution in [-0.4, -0.2) is 31.1 Å². The van der Waals surface area contributed by atoms with E-state index in [1.54, 1.807) is 19.4 Å². The minimum atomic E-state index is -0.293. The summed E-state index contributed by atoms with van der Waals surface area (Å²) in [5, 5.41) is 6.27. The number of aromatic nitrogens is 1. The Morgan fingerprint density at radius 2 is 2.42 bits per heavy atom. The topological polar surface area (TPSA) is 63.2 Å². The second kappa shape index (κ2) is 6.02. The molecule has 0 aliphatic carbocycles. The van der Waals surface area contributed by atoms with E-state index in [0.29, 0.717) is 11.6 Å². The highest BCUT2D eigenvalue weighted by Crippen LogP contribution is 2.31. The monoisotopic (exact) mass is 263 g/mol. The summed E-state index contributed by atoms with van der Waals surface area (Å²) in [4.78, 5) is 16.6. The number of carbonyl (C=O) groups excluding carboxylic acids is 1. The van der Waals surface area contributed by atoms with Crippen LogP contribution in [0, 0.1) is 5.41 Å². The van der Waals surface area contributed by atoms with Crippen LogP contribution in [0.15, 0.2) is 18.3 Å². The predicted octanol–water partition coefficient (Wildman–Crippen LogP) is 1.81. The number of hydrogen-bond acceptors (Lipinski definition) is 4. The zero-order valence-corrected chi connectivity index (χ0v) is 11.5. The van der Waals surface area contributed by atoms with Crippen LogP contribution in [0.3, 0.4) is 0 Å². The molecule has 0 saturated carbocycles. The molecule has 19 heavy (non-hydrogen) atoms. The average Bonchev–Trinajstić information content (AvgIpc) is 2.48. The van der Waals surface area contributed by atoms with Gasteiger partial charge in [-0.1, -0.05) is 6.92 Å². The zero-order chi connectivity index (χ0) is 13.7. The van der Waals surface area contributed by atoms with Crippen molar-refractivity contribution in [2.24, 2.45) is 5.41 Å². The smallest absolute Gasteiger partial charge is 0.231 e. The number of methoxy groups -OCH3 is 1. The van der Waals surface area contributed by atoms with E-state index in [1.165, 1.54) is 0 Å². The summed E-state index contributed by atoms with van der Waals surface area (Å²) >= 11 is 0. The lowest BCUT2D eigenvalue weighted by Gasteiger charge is -2.35. The van der Waals surface area contributed by atoms with Gasteiger partial charge in [0.1, 0.15) is 0 Å². The molecule has 1 aromatic rings. The maximum Gasteiger partial charge on any atom is 0.231 e. The van der Waals surface area contributed by atoms with E-state index in [2.05, 4.69) is 22.5 Å². The molecule has 1 aliphatic rings. The van der Waals surface area contributed by atoms with E-state index in [1.807, 2.05) is 6.07 Å². The van der Waals surface area contributed by atoms with Crippen LogP contribution in [0.25, 0.3) is 0 Å². The molecular weight excluding hydrogens is 242 g/mol. The Morgan fingerprint density at radius 1 is 1.58 bits per heavy atom. The number of piperidine rings is 1. The van der Waals surface area contributed by atoms with Gasteiger partial charge >= 0.3 is 0 Å². The molecule has 0 bridgehead atoms. The zero-order valence-electron chi connectivity index (χ0n) is 11.5. The molecule has 0 aromatic carbocycles. The fraction of sp³-hybridized carbons (Fsp3) is 0.571. The highest BCUT2D eigenvalue weighted by molar-refractivity contribution is 5.95. The summed E-state index contributed by atoms with van der Waals surface area (Å²) in [5.74, 6) is 0.622. The van der Waals surface area contributed by atoms with E-state index >= 15 is 0 Å². The van der Waals surface area contributed by atoms with Crippen molar-refractivity contribution in [2.75, 3.05) is 25.5 Å². The number of carbonyl (C=O) groups is 1. The van der Waals surface area contributed by atoms with Gasteiger partial charge in [-0.2, -0.15) is 0 Å². The Kier molecular flexibility index (Phi) is 4.37. The first kappa shape index (κ1) is 13.8. The van der Waals surface area contributed by atoms with Crippen molar-refractivity contribution >= 4 is 11.6 Å². The molecule has 1 aliphatic heterocycles. The van der Waals surface area contributed by atoms with Gasteiger partial charge in [-0.25, -0.2) is 4.98 Å². The number of ether oxygens (including phenoxy) is 1. The third-order valence-corrected chi connectivity index (χ3v) is 3.83. The Balaban J connectivity index is 2.05. The van der Waals surface area contributed by atoms with Crippen molar-refractivity contribution in [3.8, 4) is 5.88 Å². The van der Waals surface area contributed by atoms with E-state index in [0.717, 1.165) is 32.4 Å². The van der Waals surface area contributed by atoms with Crippen molar-refractivity contribution in [1.82, 2.24) is 10.3 Å². The molecule has 1 amide bonds. The summed E-state index contributed by atoms with van der Waals surface area (Å²) in [6, 6.07) is 3.55. The molecule has 1 fully saturated rings. The Morgan fingerprint density at radius 3 is 2.95 bits per heavy atom. The van der Waals surface area contributed by atoms with E-state index in [9.17, 15) is 4.79 Å². The molecule has 1 aromatic heterocycles. The number of anilines is 1. The first-order valence-electron chi connectivity index (χ1n) is 6.72. The normalized spacial score (nSPS) is 22.8. The van der Waals surface area contributed by atoms with Crippen LogP contribution in [0.2, 0.25) is 0 Å². The van der Waals surface area contributed by atoms with E-state index in [4.69, 9.17) is 4.74 Å². The minimum absolute atomic E-state index is 0.0779. The van der Waals surface area contributed by atoms with E-state index in [-0.39, 0.29) is 11.3 Å². The summed E-state index contributed by atoms with van der Waals surface area (Å²) in [5.41, 5.74) is 0.419. The lowest BCUT2D eigenvalue weighted by atomic mass is 9.77. The highest BCUT2D eigenvalue weighted by atomic mass is 16.5. The quantitative estimate of drug-likeness (QED) is 0.869. The van der Waals surface area contributed by atoms with Crippen LogP contribution in [0.1, 0.15) is 26.2 Å². The second-order valence-corrected chi connectivity index (χ2v) is 4.96.